The van der Waals surface area contributed by atoms with Gasteiger partial charge in [-0.2, -0.15) is 0 Å². The second-order valence-electron chi connectivity index (χ2n) is 4.48. The lowest BCUT2D eigenvalue weighted by Crippen LogP contribution is -2.19. The van der Waals surface area contributed by atoms with Gasteiger partial charge in [0.2, 0.25) is 0 Å². The molecule has 0 saturated carbocycles. The van der Waals surface area contributed by atoms with Crippen LogP contribution >= 0.6 is 11.8 Å². The Kier molecular flexibility index (Phi) is 3.82. The Labute approximate surface area is 109 Å². The van der Waals surface area contributed by atoms with Crippen molar-refractivity contribution >= 4 is 17.4 Å². The first kappa shape index (κ1) is 12.6. The van der Waals surface area contributed by atoms with Crippen molar-refractivity contribution in [1.29, 1.82) is 0 Å². The van der Waals surface area contributed by atoms with Gasteiger partial charge in [-0.25, -0.2) is 0 Å². The molecule has 0 radical (unpaired) electrons. The molecule has 2 heteroatoms. The van der Waals surface area contributed by atoms with Crippen LogP contribution in [0.15, 0.2) is 28.8 Å². The van der Waals surface area contributed by atoms with Gasteiger partial charge < -0.3 is 4.90 Å². The molecule has 2 rings (SSSR count). The third-order valence-corrected chi connectivity index (χ3v) is 4.68. The molecule has 1 aliphatic rings. The van der Waals surface area contributed by atoms with E-state index in [1.54, 1.807) is 0 Å². The summed E-state index contributed by atoms with van der Waals surface area (Å²) < 4.78 is 0. The lowest BCUT2D eigenvalue weighted by molar-refractivity contribution is 0.996. The highest BCUT2D eigenvalue weighted by molar-refractivity contribution is 8.03. The van der Waals surface area contributed by atoms with Crippen LogP contribution in [-0.4, -0.2) is 5.88 Å². The number of aryl methyl sites for hydroxylation is 2. The fourth-order valence-corrected chi connectivity index (χ4v) is 3.31. The summed E-state index contributed by atoms with van der Waals surface area (Å²) in [5, 5.41) is 0. The van der Waals surface area contributed by atoms with Crippen LogP contribution in [0.5, 0.6) is 0 Å². The van der Waals surface area contributed by atoms with E-state index in [2.05, 4.69) is 50.8 Å². The smallest absolute Gasteiger partial charge is 0.0729 e. The summed E-state index contributed by atoms with van der Waals surface area (Å²) in [5.41, 5.74) is 5.82. The molecule has 92 valence electrons. The minimum Gasteiger partial charge on any atom is -0.334 e. The maximum atomic E-state index is 2.48. The average molecular weight is 247 g/mol. The Morgan fingerprint density at radius 1 is 1.12 bits per heavy atom. The molecule has 0 saturated heterocycles. The van der Waals surface area contributed by atoms with E-state index in [4.69, 9.17) is 0 Å². The van der Waals surface area contributed by atoms with E-state index in [1.165, 1.54) is 27.4 Å². The minimum absolute atomic E-state index is 1.07. The fourth-order valence-electron chi connectivity index (χ4n) is 2.35. The third kappa shape index (κ3) is 2.23. The average Bonchev–Trinajstić information content (AvgIpc) is 2.69. The molecule has 1 aromatic rings. The molecule has 1 aromatic carbocycles. The van der Waals surface area contributed by atoms with Gasteiger partial charge in [0, 0.05) is 16.3 Å². The van der Waals surface area contributed by atoms with Crippen LogP contribution in [-0.2, 0) is 12.8 Å². The number of para-hydroxylation sites is 1. The van der Waals surface area contributed by atoms with E-state index in [9.17, 15) is 0 Å². The van der Waals surface area contributed by atoms with E-state index >= 15 is 0 Å². The Balaban J connectivity index is 2.50. The maximum absolute atomic E-state index is 2.48. The van der Waals surface area contributed by atoms with Gasteiger partial charge in [-0.15, -0.1) is 11.8 Å². The van der Waals surface area contributed by atoms with Crippen molar-refractivity contribution < 1.29 is 0 Å². The first-order chi connectivity index (χ1) is 8.19. The van der Waals surface area contributed by atoms with Gasteiger partial charge in [-0.3, -0.25) is 0 Å². The highest BCUT2D eigenvalue weighted by atomic mass is 32.2. The number of anilines is 1. The quantitative estimate of drug-likeness (QED) is 0.769. The van der Waals surface area contributed by atoms with Crippen molar-refractivity contribution in [2.24, 2.45) is 0 Å². The summed E-state index contributed by atoms with van der Waals surface area (Å²) in [6.45, 7) is 8.95. The highest BCUT2D eigenvalue weighted by Crippen LogP contribution is 2.38. The molecule has 0 atom stereocenters. The second kappa shape index (κ2) is 5.18. The number of hydrogen-bond acceptors (Lipinski definition) is 2. The molecule has 0 bridgehead atoms. The van der Waals surface area contributed by atoms with Crippen molar-refractivity contribution in [3.8, 4) is 0 Å². The molecule has 17 heavy (non-hydrogen) atoms. The van der Waals surface area contributed by atoms with E-state index in [0.717, 1.165) is 18.7 Å². The molecule has 0 spiro atoms. The van der Waals surface area contributed by atoms with E-state index in [1.807, 2.05) is 11.8 Å². The van der Waals surface area contributed by atoms with Crippen molar-refractivity contribution in [2.75, 3.05) is 10.8 Å². The van der Waals surface area contributed by atoms with Gasteiger partial charge in [-0.1, -0.05) is 32.0 Å². The number of thioether (sulfide) groups is 1. The highest BCUT2D eigenvalue weighted by Gasteiger charge is 2.22. The Bertz CT molecular complexity index is 426. The van der Waals surface area contributed by atoms with Crippen LogP contribution in [0.4, 0.5) is 5.69 Å². The van der Waals surface area contributed by atoms with Gasteiger partial charge in [0.1, 0.15) is 0 Å². The number of hydrogen-bond donors (Lipinski definition) is 0. The van der Waals surface area contributed by atoms with Crippen LogP contribution in [0.3, 0.4) is 0 Å². The number of benzene rings is 1. The van der Waals surface area contributed by atoms with E-state index in [0.29, 0.717) is 0 Å². The first-order valence-electron chi connectivity index (χ1n) is 6.37. The van der Waals surface area contributed by atoms with Crippen LogP contribution < -0.4 is 4.90 Å². The van der Waals surface area contributed by atoms with Crippen molar-refractivity contribution in [3.05, 3.63) is 39.9 Å². The maximum Gasteiger partial charge on any atom is 0.0729 e. The van der Waals surface area contributed by atoms with Crippen molar-refractivity contribution in [3.63, 3.8) is 0 Å². The normalized spacial score (nSPS) is 15.9. The fraction of sp³-hybridized carbons (Fsp3) is 0.467. The monoisotopic (exact) mass is 247 g/mol. The van der Waals surface area contributed by atoms with Crippen LogP contribution in [0, 0.1) is 0 Å². The molecule has 0 aliphatic carbocycles. The van der Waals surface area contributed by atoms with E-state index < -0.39 is 0 Å². The van der Waals surface area contributed by atoms with Gasteiger partial charge >= 0.3 is 0 Å². The summed E-state index contributed by atoms with van der Waals surface area (Å²) in [7, 11) is 0. The van der Waals surface area contributed by atoms with Crippen LogP contribution in [0.1, 0.15) is 38.8 Å². The van der Waals surface area contributed by atoms with E-state index in [-0.39, 0.29) is 0 Å². The van der Waals surface area contributed by atoms with Gasteiger partial charge in [-0.05, 0) is 37.8 Å². The summed E-state index contributed by atoms with van der Waals surface area (Å²) in [5.74, 6) is 1.07. The summed E-state index contributed by atoms with van der Waals surface area (Å²) >= 11 is 1.95. The van der Waals surface area contributed by atoms with Crippen molar-refractivity contribution in [2.45, 2.75) is 40.5 Å². The predicted molar refractivity (Wildman–Crippen MR) is 78.5 cm³/mol. The molecule has 1 nitrogen and oxygen atoms in total. The predicted octanol–water partition coefficient (Wildman–Crippen LogP) is 4.57. The molecular formula is C15H21NS. The second-order valence-corrected chi connectivity index (χ2v) is 5.63. The zero-order valence-electron chi connectivity index (χ0n) is 11.2. The summed E-state index contributed by atoms with van der Waals surface area (Å²) in [6.07, 6.45) is 2.22. The Morgan fingerprint density at radius 3 is 2.12 bits per heavy atom. The molecular weight excluding hydrogens is 226 g/mol. The molecule has 1 aliphatic heterocycles. The Morgan fingerprint density at radius 2 is 1.71 bits per heavy atom. The largest absolute Gasteiger partial charge is 0.334 e. The van der Waals surface area contributed by atoms with Crippen LogP contribution in [0.2, 0.25) is 0 Å². The van der Waals surface area contributed by atoms with Gasteiger partial charge in [0.05, 0.1) is 5.88 Å². The topological polar surface area (TPSA) is 3.24 Å². The number of rotatable bonds is 3. The standard InChI is InChI=1S/C15H21NS/c1-5-13-8-7-9-14(6-2)15(13)16-10-17-12(4)11(16)3/h7-9H,5-6,10H2,1-4H3. The molecule has 0 N–H and O–H groups in total. The molecule has 0 aromatic heterocycles. The van der Waals surface area contributed by atoms with Crippen molar-refractivity contribution in [1.82, 2.24) is 0 Å². The Hall–Kier alpha value is -0.890. The third-order valence-electron chi connectivity index (χ3n) is 3.56. The molecule has 0 amide bonds. The zero-order valence-corrected chi connectivity index (χ0v) is 12.0. The van der Waals surface area contributed by atoms with Gasteiger partial charge in [0.15, 0.2) is 0 Å². The summed E-state index contributed by atoms with van der Waals surface area (Å²) in [4.78, 5) is 3.94. The lowest BCUT2D eigenvalue weighted by atomic mass is 10.0. The molecule has 0 unspecified atom stereocenters. The zero-order chi connectivity index (χ0) is 12.4. The molecule has 1 heterocycles. The van der Waals surface area contributed by atoms with Gasteiger partial charge in [0.25, 0.3) is 0 Å². The lowest BCUT2D eigenvalue weighted by Gasteiger charge is -2.25. The molecule has 0 fully saturated rings. The number of allylic oxidation sites excluding steroid dienone is 2. The summed E-state index contributed by atoms with van der Waals surface area (Å²) in [6, 6.07) is 6.72. The van der Waals surface area contributed by atoms with Crippen LogP contribution in [0.25, 0.3) is 0 Å². The minimum atomic E-state index is 1.07. The first-order valence-corrected chi connectivity index (χ1v) is 7.36. The number of nitrogens with zero attached hydrogens (tertiary/aromatic N) is 1. The SMILES string of the molecule is CCc1cccc(CC)c1N1CSC(C)=C1C.